The maximum Gasteiger partial charge on any atom is 0.293 e. The molecule has 2 saturated heterocycles. The fourth-order valence-electron chi connectivity index (χ4n) is 3.46. The van der Waals surface area contributed by atoms with Gasteiger partial charge in [0.15, 0.2) is 0 Å². The molecule has 3 rings (SSSR count). The van der Waals surface area contributed by atoms with Crippen LogP contribution >= 0.6 is 0 Å². The highest BCUT2D eigenvalue weighted by Crippen LogP contribution is 2.31. The number of rotatable bonds is 4. The summed E-state index contributed by atoms with van der Waals surface area (Å²) in [6, 6.07) is 4.97. The molecule has 2 heterocycles. The van der Waals surface area contributed by atoms with Crippen molar-refractivity contribution in [2.24, 2.45) is 0 Å². The number of hydrogen-bond acceptors (Lipinski definition) is 5. The monoisotopic (exact) mass is 332 g/mol. The number of anilines is 1. The van der Waals surface area contributed by atoms with Crippen LogP contribution in [-0.4, -0.2) is 55.0 Å². The van der Waals surface area contributed by atoms with E-state index in [4.69, 9.17) is 0 Å². The average Bonchev–Trinajstić information content (AvgIpc) is 3.10. The molecule has 0 unspecified atom stereocenters. The summed E-state index contributed by atoms with van der Waals surface area (Å²) in [5.41, 5.74) is 1.00. The van der Waals surface area contributed by atoms with Gasteiger partial charge in [0, 0.05) is 30.8 Å². The second-order valence-electron chi connectivity index (χ2n) is 6.71. The summed E-state index contributed by atoms with van der Waals surface area (Å²) in [5, 5.41) is 14.4. The fourth-order valence-corrected chi connectivity index (χ4v) is 3.46. The number of benzene rings is 1. The molecule has 0 bridgehead atoms. The summed E-state index contributed by atoms with van der Waals surface area (Å²) in [5.74, 6) is -0.222. The van der Waals surface area contributed by atoms with Gasteiger partial charge in [0.25, 0.3) is 11.6 Å². The minimum Gasteiger partial charge on any atom is -0.366 e. The van der Waals surface area contributed by atoms with Gasteiger partial charge in [-0.1, -0.05) is 0 Å². The number of nitrogens with zero attached hydrogens (tertiary/aromatic N) is 3. The summed E-state index contributed by atoms with van der Waals surface area (Å²) in [4.78, 5) is 27.7. The molecule has 1 aromatic carbocycles. The van der Waals surface area contributed by atoms with Gasteiger partial charge in [-0.15, -0.1) is 0 Å². The van der Waals surface area contributed by atoms with Crippen molar-refractivity contribution >= 4 is 17.3 Å². The number of hydrogen-bond donors (Lipinski definition) is 1. The number of nitrogens with one attached hydrogen (secondary N) is 1. The predicted octanol–water partition coefficient (Wildman–Crippen LogP) is 2.02. The molecule has 0 aliphatic carbocycles. The van der Waals surface area contributed by atoms with Crippen molar-refractivity contribution in [3.63, 3.8) is 0 Å². The number of piperidine rings is 1. The smallest absolute Gasteiger partial charge is 0.293 e. The van der Waals surface area contributed by atoms with Gasteiger partial charge < -0.3 is 15.1 Å². The van der Waals surface area contributed by atoms with Gasteiger partial charge >= 0.3 is 0 Å². The topological polar surface area (TPSA) is 78.7 Å². The molecule has 2 aliphatic rings. The maximum absolute atomic E-state index is 12.4. The Morgan fingerprint density at radius 1 is 1.21 bits per heavy atom. The highest BCUT2D eigenvalue weighted by molar-refractivity contribution is 5.96. The minimum absolute atomic E-state index is 0.0212. The molecule has 2 aliphatic heterocycles. The van der Waals surface area contributed by atoms with Crippen molar-refractivity contribution < 1.29 is 9.72 Å². The predicted molar refractivity (Wildman–Crippen MR) is 92.5 cm³/mol. The Morgan fingerprint density at radius 2 is 1.88 bits per heavy atom. The van der Waals surface area contributed by atoms with E-state index in [0.29, 0.717) is 11.3 Å². The van der Waals surface area contributed by atoms with Crippen LogP contribution in [0.3, 0.4) is 0 Å². The third-order valence-corrected chi connectivity index (χ3v) is 4.93. The molecule has 130 valence electrons. The Labute approximate surface area is 141 Å². The van der Waals surface area contributed by atoms with E-state index in [1.165, 1.54) is 6.07 Å². The molecule has 0 spiro atoms. The van der Waals surface area contributed by atoms with E-state index in [2.05, 4.69) is 17.3 Å². The van der Waals surface area contributed by atoms with E-state index >= 15 is 0 Å². The molecule has 0 aromatic heterocycles. The molecule has 1 amide bonds. The summed E-state index contributed by atoms with van der Waals surface area (Å²) < 4.78 is 0. The van der Waals surface area contributed by atoms with Gasteiger partial charge in [-0.3, -0.25) is 14.9 Å². The van der Waals surface area contributed by atoms with Gasteiger partial charge in [0.05, 0.1) is 4.92 Å². The molecule has 24 heavy (non-hydrogen) atoms. The van der Waals surface area contributed by atoms with Gasteiger partial charge in [0.2, 0.25) is 0 Å². The van der Waals surface area contributed by atoms with Gasteiger partial charge in [-0.05, 0) is 58.0 Å². The Balaban J connectivity index is 1.74. The Kier molecular flexibility index (Phi) is 4.99. The van der Waals surface area contributed by atoms with Crippen LogP contribution in [-0.2, 0) is 0 Å². The van der Waals surface area contributed by atoms with Crippen LogP contribution in [0.15, 0.2) is 18.2 Å². The van der Waals surface area contributed by atoms with Crippen LogP contribution in [0.5, 0.6) is 0 Å². The van der Waals surface area contributed by atoms with Gasteiger partial charge in [-0.25, -0.2) is 0 Å². The number of nitro groups is 1. The first-order chi connectivity index (χ1) is 11.5. The summed E-state index contributed by atoms with van der Waals surface area (Å²) in [6.45, 7) is 3.59. The molecule has 7 nitrogen and oxygen atoms in total. The van der Waals surface area contributed by atoms with Crippen LogP contribution in [0.1, 0.15) is 36.0 Å². The number of amides is 1. The van der Waals surface area contributed by atoms with E-state index in [-0.39, 0.29) is 22.6 Å². The van der Waals surface area contributed by atoms with E-state index in [1.807, 2.05) is 4.90 Å². The molecule has 7 heteroatoms. The average molecular weight is 332 g/mol. The van der Waals surface area contributed by atoms with E-state index < -0.39 is 0 Å². The molecule has 0 atom stereocenters. The molecular formula is C17H24N4O3. The zero-order chi connectivity index (χ0) is 17.1. The quantitative estimate of drug-likeness (QED) is 0.674. The van der Waals surface area contributed by atoms with Crippen LogP contribution in [0.4, 0.5) is 11.4 Å². The Morgan fingerprint density at radius 3 is 2.50 bits per heavy atom. The first-order valence-corrected chi connectivity index (χ1v) is 8.57. The highest BCUT2D eigenvalue weighted by atomic mass is 16.6. The second kappa shape index (κ2) is 7.17. The lowest BCUT2D eigenvalue weighted by atomic mass is 10.0. The molecule has 0 radical (unpaired) electrons. The summed E-state index contributed by atoms with van der Waals surface area (Å²) >= 11 is 0. The fraction of sp³-hybridized carbons (Fsp3) is 0.588. The minimum atomic E-state index is -0.389. The summed E-state index contributed by atoms with van der Waals surface area (Å²) in [7, 11) is 2.07. The molecule has 0 saturated carbocycles. The van der Waals surface area contributed by atoms with E-state index in [0.717, 1.165) is 51.9 Å². The summed E-state index contributed by atoms with van der Waals surface area (Å²) in [6.07, 6.45) is 3.93. The largest absolute Gasteiger partial charge is 0.366 e. The first-order valence-electron chi connectivity index (χ1n) is 8.57. The van der Waals surface area contributed by atoms with E-state index in [1.54, 1.807) is 12.1 Å². The van der Waals surface area contributed by atoms with E-state index in [9.17, 15) is 14.9 Å². The third kappa shape index (κ3) is 3.67. The van der Waals surface area contributed by atoms with Gasteiger partial charge in [0.1, 0.15) is 5.69 Å². The lowest BCUT2D eigenvalue weighted by Gasteiger charge is -2.29. The van der Waals surface area contributed by atoms with Crippen molar-refractivity contribution in [1.82, 2.24) is 10.2 Å². The molecular weight excluding hydrogens is 308 g/mol. The second-order valence-corrected chi connectivity index (χ2v) is 6.71. The number of nitro benzene ring substituents is 1. The SMILES string of the molecule is CN1CCC(NC(=O)c2ccc(N3CCCC3)c([N+](=O)[O-])c2)CC1. The Bertz CT molecular complexity index is 620. The van der Waals surface area contributed by atoms with Crippen LogP contribution in [0.25, 0.3) is 0 Å². The van der Waals surface area contributed by atoms with Crippen molar-refractivity contribution in [3.8, 4) is 0 Å². The van der Waals surface area contributed by atoms with Gasteiger partial charge in [-0.2, -0.15) is 0 Å². The number of likely N-dealkylation sites (tertiary alicyclic amines) is 1. The molecule has 1 N–H and O–H groups in total. The highest BCUT2D eigenvalue weighted by Gasteiger charge is 2.25. The lowest BCUT2D eigenvalue weighted by Crippen LogP contribution is -2.43. The zero-order valence-corrected chi connectivity index (χ0v) is 14.0. The van der Waals surface area contributed by atoms with Crippen molar-refractivity contribution in [3.05, 3.63) is 33.9 Å². The number of carbonyl (C=O) groups is 1. The van der Waals surface area contributed by atoms with Crippen molar-refractivity contribution in [2.75, 3.05) is 38.1 Å². The van der Waals surface area contributed by atoms with Crippen LogP contribution in [0, 0.1) is 10.1 Å². The van der Waals surface area contributed by atoms with Crippen molar-refractivity contribution in [1.29, 1.82) is 0 Å². The third-order valence-electron chi connectivity index (χ3n) is 4.93. The standard InChI is InChI=1S/C17H24N4O3/c1-19-10-6-14(7-11-19)18-17(22)13-4-5-15(16(12-13)21(23)24)20-8-2-3-9-20/h4-5,12,14H,2-3,6-11H2,1H3,(H,18,22). The lowest BCUT2D eigenvalue weighted by molar-refractivity contribution is -0.384. The Hall–Kier alpha value is -2.15. The van der Waals surface area contributed by atoms with Crippen LogP contribution < -0.4 is 10.2 Å². The van der Waals surface area contributed by atoms with Crippen molar-refractivity contribution in [2.45, 2.75) is 31.7 Å². The molecule has 1 aromatic rings. The maximum atomic E-state index is 12.4. The first kappa shape index (κ1) is 16.7. The van der Waals surface area contributed by atoms with Crippen LogP contribution in [0.2, 0.25) is 0 Å². The normalized spacial score (nSPS) is 19.5. The zero-order valence-electron chi connectivity index (χ0n) is 14.0. The number of carbonyl (C=O) groups excluding carboxylic acids is 1. The molecule has 2 fully saturated rings.